The second kappa shape index (κ2) is 12.7. The molecule has 0 atom stereocenters. The van der Waals surface area contributed by atoms with E-state index in [2.05, 4.69) is 142 Å². The third-order valence-electron chi connectivity index (χ3n) is 10.1. The predicted molar refractivity (Wildman–Crippen MR) is 224 cm³/mol. The normalized spacial score (nSPS) is 12.2. The number of hydrogen-bond donors (Lipinski definition) is 0. The number of fused-ring (bicyclic) bond motifs is 7. The molecule has 0 saturated carbocycles. The van der Waals surface area contributed by atoms with Crippen molar-refractivity contribution in [2.24, 2.45) is 0 Å². The average Bonchev–Trinajstić information content (AvgIpc) is 3.74. The zero-order valence-corrected chi connectivity index (χ0v) is 31.8. The zero-order valence-electron chi connectivity index (χ0n) is 31.8. The van der Waals surface area contributed by atoms with Gasteiger partial charge in [0, 0.05) is 43.9 Å². The molecule has 0 aliphatic heterocycles. The van der Waals surface area contributed by atoms with Crippen molar-refractivity contribution >= 4 is 60.8 Å². The number of furan rings is 1. The van der Waals surface area contributed by atoms with Crippen LogP contribution in [0.4, 0.5) is 17.1 Å². The molecular formula is C48H40N6O. The lowest BCUT2D eigenvalue weighted by molar-refractivity contribution is 0.497. The molecule has 0 unspecified atom stereocenters. The van der Waals surface area contributed by atoms with Crippen LogP contribution in [0.3, 0.4) is 0 Å². The first-order valence-electron chi connectivity index (χ1n) is 18.6. The van der Waals surface area contributed by atoms with Crippen LogP contribution in [-0.4, -0.2) is 19.5 Å². The molecule has 0 spiro atoms. The molecule has 0 amide bonds. The molecule has 0 saturated heterocycles. The molecule has 3 aromatic heterocycles. The molecule has 0 aliphatic rings. The smallest absolute Gasteiger partial charge is 0.163 e. The van der Waals surface area contributed by atoms with Crippen molar-refractivity contribution in [1.82, 2.24) is 19.5 Å². The topological polar surface area (TPSA) is 83.8 Å². The van der Waals surface area contributed by atoms with Gasteiger partial charge in [-0.2, -0.15) is 5.26 Å². The van der Waals surface area contributed by atoms with Crippen molar-refractivity contribution in [2.45, 2.75) is 52.4 Å². The van der Waals surface area contributed by atoms with E-state index in [-0.39, 0.29) is 10.8 Å². The molecule has 3 heterocycles. The van der Waals surface area contributed by atoms with Crippen molar-refractivity contribution in [3.63, 3.8) is 0 Å². The Balaban J connectivity index is 1.40. The van der Waals surface area contributed by atoms with Crippen LogP contribution in [0, 0.1) is 11.3 Å². The van der Waals surface area contributed by atoms with Gasteiger partial charge in [0.1, 0.15) is 28.9 Å². The highest BCUT2D eigenvalue weighted by Crippen LogP contribution is 2.49. The lowest BCUT2D eigenvalue weighted by Crippen LogP contribution is -2.24. The quantitative estimate of drug-likeness (QED) is 0.176. The van der Waals surface area contributed by atoms with E-state index >= 15 is 0 Å². The first kappa shape index (κ1) is 34.0. The van der Waals surface area contributed by atoms with E-state index in [9.17, 15) is 5.26 Å². The van der Waals surface area contributed by atoms with Gasteiger partial charge in [-0.05, 0) is 60.7 Å². The molecule has 268 valence electrons. The van der Waals surface area contributed by atoms with E-state index in [1.165, 1.54) is 0 Å². The van der Waals surface area contributed by atoms with E-state index < -0.39 is 0 Å². The Bertz CT molecular complexity index is 2890. The predicted octanol–water partition coefficient (Wildman–Crippen LogP) is 12.5. The Morgan fingerprint density at radius 3 is 1.82 bits per heavy atom. The molecule has 6 aromatic carbocycles. The molecule has 0 aliphatic carbocycles. The van der Waals surface area contributed by atoms with Crippen LogP contribution in [0.2, 0.25) is 0 Å². The summed E-state index contributed by atoms with van der Waals surface area (Å²) < 4.78 is 8.99. The Kier molecular flexibility index (Phi) is 7.84. The van der Waals surface area contributed by atoms with Gasteiger partial charge in [-0.25, -0.2) is 15.0 Å². The van der Waals surface area contributed by atoms with Gasteiger partial charge in [-0.15, -0.1) is 0 Å². The molecule has 55 heavy (non-hydrogen) atoms. The molecule has 0 bridgehead atoms. The molecule has 9 aromatic rings. The Labute approximate surface area is 320 Å². The summed E-state index contributed by atoms with van der Waals surface area (Å²) in [7, 11) is 0. The van der Waals surface area contributed by atoms with Gasteiger partial charge in [-0.1, -0.05) is 114 Å². The SMILES string of the molecule is CC(C)(C)c1nc(-c2ccc(-n3c4ccccc4c4c5oc6ccccc6c5cc(N(c5ccccc5)c5ccccc5)c43)c(C#N)c2)nc(C(C)(C)C)n1. The van der Waals surface area contributed by atoms with Crippen LogP contribution in [0.1, 0.15) is 58.8 Å². The summed E-state index contributed by atoms with van der Waals surface area (Å²) in [5.41, 5.74) is 7.91. The third kappa shape index (κ3) is 5.69. The average molecular weight is 717 g/mol. The number of nitrogens with zero attached hydrogens (tertiary/aromatic N) is 6. The Hall–Kier alpha value is -6.78. The summed E-state index contributed by atoms with van der Waals surface area (Å²) >= 11 is 0. The van der Waals surface area contributed by atoms with Crippen LogP contribution >= 0.6 is 0 Å². The van der Waals surface area contributed by atoms with E-state index in [4.69, 9.17) is 19.4 Å². The van der Waals surface area contributed by atoms with Crippen LogP contribution in [0.25, 0.3) is 60.8 Å². The van der Waals surface area contributed by atoms with E-state index in [1.54, 1.807) is 0 Å². The fourth-order valence-electron chi connectivity index (χ4n) is 7.45. The van der Waals surface area contributed by atoms with Gasteiger partial charge >= 0.3 is 0 Å². The molecule has 9 rings (SSSR count). The standard InChI is InChI=1S/C48H40N6O/c1-47(2,3)45-50-44(51-46(52-45)48(4,5)6)30-25-26-37(31(27-30)29-49)54-38-23-15-13-22-35(38)41-42(54)39(28-36-34-21-14-16-24-40(34)55-43(36)41)53(32-17-9-7-10-18-32)33-19-11-8-12-20-33/h7-28H,1-6H3. The fraction of sp³-hybridized carbons (Fsp3) is 0.167. The maximum atomic E-state index is 11.0. The molecule has 0 fully saturated rings. The van der Waals surface area contributed by atoms with E-state index in [1.807, 2.05) is 48.5 Å². The minimum absolute atomic E-state index is 0.291. The highest BCUT2D eigenvalue weighted by molar-refractivity contribution is 6.27. The van der Waals surface area contributed by atoms with Gasteiger partial charge in [0.25, 0.3) is 0 Å². The van der Waals surface area contributed by atoms with Crippen LogP contribution < -0.4 is 4.90 Å². The first-order valence-corrected chi connectivity index (χ1v) is 18.6. The second-order valence-corrected chi connectivity index (χ2v) is 16.1. The number of benzene rings is 6. The summed E-state index contributed by atoms with van der Waals surface area (Å²) in [6.07, 6.45) is 0. The summed E-state index contributed by atoms with van der Waals surface area (Å²) in [6.45, 7) is 12.6. The zero-order chi connectivity index (χ0) is 38.1. The number of aromatic nitrogens is 4. The molecular weight excluding hydrogens is 677 g/mol. The highest BCUT2D eigenvalue weighted by atomic mass is 16.3. The monoisotopic (exact) mass is 716 g/mol. The van der Waals surface area contributed by atoms with E-state index in [0.717, 1.165) is 72.1 Å². The third-order valence-corrected chi connectivity index (χ3v) is 10.1. The molecule has 7 nitrogen and oxygen atoms in total. The Morgan fingerprint density at radius 2 is 1.20 bits per heavy atom. The number of hydrogen-bond acceptors (Lipinski definition) is 6. The number of anilines is 3. The second-order valence-electron chi connectivity index (χ2n) is 16.1. The maximum Gasteiger partial charge on any atom is 0.163 e. The minimum atomic E-state index is -0.291. The van der Waals surface area contributed by atoms with Crippen LogP contribution in [0.15, 0.2) is 138 Å². The molecule has 7 heteroatoms. The molecule has 0 N–H and O–H groups in total. The highest BCUT2D eigenvalue weighted by Gasteiger charge is 2.28. The number of rotatable bonds is 5. The first-order chi connectivity index (χ1) is 26.5. The van der Waals surface area contributed by atoms with Gasteiger partial charge in [0.15, 0.2) is 5.82 Å². The van der Waals surface area contributed by atoms with Crippen LogP contribution in [-0.2, 0) is 10.8 Å². The largest absolute Gasteiger partial charge is 0.455 e. The van der Waals surface area contributed by atoms with Gasteiger partial charge < -0.3 is 13.9 Å². The lowest BCUT2D eigenvalue weighted by Gasteiger charge is -2.27. The fourth-order valence-corrected chi connectivity index (χ4v) is 7.45. The Morgan fingerprint density at radius 1 is 0.618 bits per heavy atom. The van der Waals surface area contributed by atoms with Gasteiger partial charge in [0.2, 0.25) is 0 Å². The van der Waals surface area contributed by atoms with Gasteiger partial charge in [0.05, 0.1) is 33.4 Å². The van der Waals surface area contributed by atoms with Crippen molar-refractivity contribution in [1.29, 1.82) is 5.26 Å². The summed E-state index contributed by atoms with van der Waals surface area (Å²) in [5, 5.41) is 15.0. The molecule has 0 radical (unpaired) electrons. The number of nitriles is 1. The summed E-state index contributed by atoms with van der Waals surface area (Å²) in [6, 6.07) is 48.2. The van der Waals surface area contributed by atoms with Crippen molar-refractivity contribution in [2.75, 3.05) is 4.90 Å². The summed E-state index contributed by atoms with van der Waals surface area (Å²) in [4.78, 5) is 17.1. The van der Waals surface area contributed by atoms with Crippen molar-refractivity contribution in [3.05, 3.63) is 151 Å². The minimum Gasteiger partial charge on any atom is -0.455 e. The number of para-hydroxylation sites is 4. The van der Waals surface area contributed by atoms with Gasteiger partial charge in [-0.3, -0.25) is 0 Å². The summed E-state index contributed by atoms with van der Waals surface area (Å²) in [5.74, 6) is 1.99. The lowest BCUT2D eigenvalue weighted by atomic mass is 9.93. The van der Waals surface area contributed by atoms with Crippen LogP contribution in [0.5, 0.6) is 0 Å². The maximum absolute atomic E-state index is 11.0. The van der Waals surface area contributed by atoms with Crippen molar-refractivity contribution in [3.8, 4) is 23.1 Å². The van der Waals surface area contributed by atoms with Crippen molar-refractivity contribution < 1.29 is 4.42 Å². The van der Waals surface area contributed by atoms with E-state index in [0.29, 0.717) is 23.0 Å².